The van der Waals surface area contributed by atoms with Gasteiger partial charge in [-0.25, -0.2) is 0 Å². The number of pyridine rings is 1. The lowest BCUT2D eigenvalue weighted by Crippen LogP contribution is -2.49. The van der Waals surface area contributed by atoms with Gasteiger partial charge in [-0.3, -0.25) is 14.6 Å². The van der Waals surface area contributed by atoms with Crippen LogP contribution in [0.2, 0.25) is 0 Å². The van der Waals surface area contributed by atoms with Gasteiger partial charge in [-0.2, -0.15) is 0 Å². The predicted octanol–water partition coefficient (Wildman–Crippen LogP) is 0.793. The van der Waals surface area contributed by atoms with Gasteiger partial charge in [0, 0.05) is 32.4 Å². The molecule has 0 spiro atoms. The molecule has 1 unspecified atom stereocenters. The number of hydrogen-bond acceptors (Lipinski definition) is 4. The molecule has 2 aliphatic rings. The number of likely N-dealkylation sites (tertiary alicyclic amines) is 1. The predicted molar refractivity (Wildman–Crippen MR) is 80.3 cm³/mol. The number of carbonyl (C=O) groups is 2. The number of hydrogen-bond donors (Lipinski definition) is 0. The third kappa shape index (κ3) is 3.27. The van der Waals surface area contributed by atoms with E-state index in [4.69, 9.17) is 4.74 Å². The van der Waals surface area contributed by atoms with E-state index >= 15 is 0 Å². The SMILES string of the molecule is O=C(c1ccccn1)N1CCCC(C(=O)N2CCOCC2)C1. The highest BCUT2D eigenvalue weighted by atomic mass is 16.5. The fraction of sp³-hybridized carbons (Fsp3) is 0.562. The van der Waals surface area contributed by atoms with E-state index in [0.29, 0.717) is 45.1 Å². The zero-order valence-electron chi connectivity index (χ0n) is 12.6. The second-order valence-corrected chi connectivity index (χ2v) is 5.74. The van der Waals surface area contributed by atoms with Crippen molar-refractivity contribution in [1.29, 1.82) is 0 Å². The standard InChI is InChI=1S/C16H21N3O3/c20-15(18-8-10-22-11-9-18)13-4-3-7-19(12-13)16(21)14-5-1-2-6-17-14/h1-2,5-6,13H,3-4,7-12H2. The van der Waals surface area contributed by atoms with Crippen LogP contribution < -0.4 is 0 Å². The summed E-state index contributed by atoms with van der Waals surface area (Å²) in [6.07, 6.45) is 3.33. The van der Waals surface area contributed by atoms with Crippen molar-refractivity contribution < 1.29 is 14.3 Å². The molecular formula is C16H21N3O3. The fourth-order valence-corrected chi connectivity index (χ4v) is 3.06. The van der Waals surface area contributed by atoms with E-state index in [1.165, 1.54) is 0 Å². The van der Waals surface area contributed by atoms with Gasteiger partial charge in [-0.05, 0) is 25.0 Å². The summed E-state index contributed by atoms with van der Waals surface area (Å²) in [7, 11) is 0. The third-order valence-corrected chi connectivity index (χ3v) is 4.26. The number of morpholine rings is 1. The quantitative estimate of drug-likeness (QED) is 0.810. The van der Waals surface area contributed by atoms with Gasteiger partial charge in [0.05, 0.1) is 19.1 Å². The van der Waals surface area contributed by atoms with Gasteiger partial charge in [0.1, 0.15) is 5.69 Å². The molecule has 0 N–H and O–H groups in total. The van der Waals surface area contributed by atoms with Gasteiger partial charge in [0.15, 0.2) is 0 Å². The Kier molecular flexibility index (Phi) is 4.68. The number of rotatable bonds is 2. The van der Waals surface area contributed by atoms with Gasteiger partial charge in [0.25, 0.3) is 5.91 Å². The Morgan fingerprint density at radius 3 is 2.68 bits per heavy atom. The van der Waals surface area contributed by atoms with Crippen LogP contribution >= 0.6 is 0 Å². The Morgan fingerprint density at radius 1 is 1.14 bits per heavy atom. The maximum absolute atomic E-state index is 12.6. The highest BCUT2D eigenvalue weighted by Crippen LogP contribution is 2.20. The highest BCUT2D eigenvalue weighted by molar-refractivity contribution is 5.92. The van der Waals surface area contributed by atoms with Gasteiger partial charge >= 0.3 is 0 Å². The first kappa shape index (κ1) is 15.0. The average Bonchev–Trinajstić information content (AvgIpc) is 2.62. The maximum atomic E-state index is 12.6. The van der Waals surface area contributed by atoms with Crippen LogP contribution in [0.5, 0.6) is 0 Å². The minimum Gasteiger partial charge on any atom is -0.378 e. The normalized spacial score (nSPS) is 22.5. The highest BCUT2D eigenvalue weighted by Gasteiger charge is 2.32. The molecule has 1 aromatic rings. The molecule has 0 saturated carbocycles. The summed E-state index contributed by atoms with van der Waals surface area (Å²) in [6.45, 7) is 3.71. The van der Waals surface area contributed by atoms with E-state index in [1.54, 1.807) is 29.3 Å². The van der Waals surface area contributed by atoms with Crippen LogP contribution in [0.3, 0.4) is 0 Å². The molecule has 2 fully saturated rings. The second-order valence-electron chi connectivity index (χ2n) is 5.74. The Bertz CT molecular complexity index is 529. The van der Waals surface area contributed by atoms with Crippen molar-refractivity contribution in [2.45, 2.75) is 12.8 Å². The summed E-state index contributed by atoms with van der Waals surface area (Å²) in [5.74, 6) is -0.0265. The van der Waals surface area contributed by atoms with Crippen LogP contribution in [0.4, 0.5) is 0 Å². The first-order valence-corrected chi connectivity index (χ1v) is 7.82. The van der Waals surface area contributed by atoms with E-state index in [1.807, 2.05) is 4.90 Å². The lowest BCUT2D eigenvalue weighted by molar-refractivity contribution is -0.141. The molecule has 0 aliphatic carbocycles. The summed E-state index contributed by atoms with van der Waals surface area (Å²) in [4.78, 5) is 32.8. The first-order chi connectivity index (χ1) is 10.8. The number of amides is 2. The smallest absolute Gasteiger partial charge is 0.272 e. The summed E-state index contributed by atoms with van der Waals surface area (Å²) in [5.41, 5.74) is 0.446. The Labute approximate surface area is 130 Å². The molecule has 3 heterocycles. The van der Waals surface area contributed by atoms with E-state index in [0.717, 1.165) is 12.8 Å². The molecular weight excluding hydrogens is 282 g/mol. The molecule has 3 rings (SSSR count). The van der Waals surface area contributed by atoms with E-state index in [2.05, 4.69) is 4.98 Å². The Balaban J connectivity index is 1.63. The molecule has 2 saturated heterocycles. The minimum absolute atomic E-state index is 0.0833. The van der Waals surface area contributed by atoms with E-state index < -0.39 is 0 Å². The monoisotopic (exact) mass is 303 g/mol. The minimum atomic E-state index is -0.0977. The van der Waals surface area contributed by atoms with Gasteiger partial charge in [-0.15, -0.1) is 0 Å². The fourth-order valence-electron chi connectivity index (χ4n) is 3.06. The van der Waals surface area contributed by atoms with Crippen molar-refractivity contribution in [2.75, 3.05) is 39.4 Å². The molecule has 22 heavy (non-hydrogen) atoms. The van der Waals surface area contributed by atoms with Crippen molar-refractivity contribution in [3.8, 4) is 0 Å². The summed E-state index contributed by atoms with van der Waals surface area (Å²) in [6, 6.07) is 5.31. The molecule has 2 amide bonds. The van der Waals surface area contributed by atoms with E-state index in [-0.39, 0.29) is 17.7 Å². The molecule has 6 heteroatoms. The molecule has 6 nitrogen and oxygen atoms in total. The molecule has 1 atom stereocenters. The summed E-state index contributed by atoms with van der Waals surface area (Å²) >= 11 is 0. The number of piperidine rings is 1. The number of nitrogens with zero attached hydrogens (tertiary/aromatic N) is 3. The van der Waals surface area contributed by atoms with Crippen molar-refractivity contribution in [3.05, 3.63) is 30.1 Å². The number of aromatic nitrogens is 1. The zero-order valence-corrected chi connectivity index (χ0v) is 12.6. The maximum Gasteiger partial charge on any atom is 0.272 e. The van der Waals surface area contributed by atoms with E-state index in [9.17, 15) is 9.59 Å². The zero-order chi connectivity index (χ0) is 15.4. The molecule has 118 valence electrons. The van der Waals surface area contributed by atoms with Crippen LogP contribution in [0.1, 0.15) is 23.3 Å². The molecule has 0 radical (unpaired) electrons. The van der Waals surface area contributed by atoms with Crippen LogP contribution in [0.15, 0.2) is 24.4 Å². The van der Waals surface area contributed by atoms with Gasteiger partial charge in [0.2, 0.25) is 5.91 Å². The van der Waals surface area contributed by atoms with Crippen molar-refractivity contribution in [1.82, 2.24) is 14.8 Å². The Hall–Kier alpha value is -1.95. The van der Waals surface area contributed by atoms with Gasteiger partial charge in [-0.1, -0.05) is 6.07 Å². The summed E-state index contributed by atoms with van der Waals surface area (Å²) < 4.78 is 5.29. The van der Waals surface area contributed by atoms with Crippen LogP contribution in [0, 0.1) is 5.92 Å². The van der Waals surface area contributed by atoms with Crippen LogP contribution in [0.25, 0.3) is 0 Å². The van der Waals surface area contributed by atoms with Crippen LogP contribution in [-0.2, 0) is 9.53 Å². The molecule has 0 bridgehead atoms. The van der Waals surface area contributed by atoms with Crippen molar-refractivity contribution >= 4 is 11.8 Å². The Morgan fingerprint density at radius 2 is 1.95 bits per heavy atom. The molecule has 2 aliphatic heterocycles. The van der Waals surface area contributed by atoms with Crippen LogP contribution in [-0.4, -0.2) is 66.0 Å². The number of ether oxygens (including phenoxy) is 1. The number of carbonyl (C=O) groups excluding carboxylic acids is 2. The second kappa shape index (κ2) is 6.87. The van der Waals surface area contributed by atoms with Gasteiger partial charge < -0.3 is 14.5 Å². The molecule has 1 aromatic heterocycles. The molecule has 0 aromatic carbocycles. The topological polar surface area (TPSA) is 62.7 Å². The third-order valence-electron chi connectivity index (χ3n) is 4.26. The average molecular weight is 303 g/mol. The lowest BCUT2D eigenvalue weighted by atomic mass is 9.96. The lowest BCUT2D eigenvalue weighted by Gasteiger charge is -2.36. The summed E-state index contributed by atoms with van der Waals surface area (Å²) in [5, 5.41) is 0. The van der Waals surface area contributed by atoms with Crippen molar-refractivity contribution in [3.63, 3.8) is 0 Å². The van der Waals surface area contributed by atoms with Crippen molar-refractivity contribution in [2.24, 2.45) is 5.92 Å². The first-order valence-electron chi connectivity index (χ1n) is 7.82. The largest absolute Gasteiger partial charge is 0.378 e.